The third-order valence-electron chi connectivity index (χ3n) is 8.38. The largest absolute Gasteiger partial charge is 0.481 e. The van der Waals surface area contributed by atoms with Crippen LogP contribution in [-0.4, -0.2) is 23.1 Å². The van der Waals surface area contributed by atoms with E-state index in [-0.39, 0.29) is 18.5 Å². The van der Waals surface area contributed by atoms with Crippen molar-refractivity contribution in [1.29, 1.82) is 0 Å². The van der Waals surface area contributed by atoms with Gasteiger partial charge in [0.15, 0.2) is 0 Å². The lowest BCUT2D eigenvalue weighted by molar-refractivity contribution is -0.147. The molecule has 4 nitrogen and oxygen atoms in total. The van der Waals surface area contributed by atoms with Crippen LogP contribution in [0.4, 0.5) is 0 Å². The average Bonchev–Trinajstić information content (AvgIpc) is 2.99. The van der Waals surface area contributed by atoms with Gasteiger partial charge >= 0.3 is 11.9 Å². The van der Waals surface area contributed by atoms with Gasteiger partial charge < -0.3 is 9.84 Å². The van der Waals surface area contributed by atoms with Crippen molar-refractivity contribution < 1.29 is 19.4 Å². The molecule has 1 N–H and O–H groups in total. The first-order valence-electron chi connectivity index (χ1n) is 18.8. The van der Waals surface area contributed by atoms with E-state index in [1.54, 1.807) is 0 Å². The summed E-state index contributed by atoms with van der Waals surface area (Å²) in [5.74, 6) is -0.786. The maximum absolute atomic E-state index is 12.5. The van der Waals surface area contributed by atoms with E-state index in [1.807, 2.05) is 0 Å². The molecule has 43 heavy (non-hydrogen) atoms. The minimum atomic E-state index is -0.721. The van der Waals surface area contributed by atoms with Gasteiger partial charge in [0.2, 0.25) is 0 Å². The van der Waals surface area contributed by atoms with Crippen molar-refractivity contribution >= 4 is 11.9 Å². The third-order valence-corrected chi connectivity index (χ3v) is 8.38. The highest BCUT2D eigenvalue weighted by atomic mass is 16.5. The SMILES string of the molecule is CCCCCCC/C=C\C(CCCCCCC(=O)O)OC(=O)CCCCCCCCCCC/C=C\CCCCCCCC. The Balaban J connectivity index is 3.86. The number of rotatable bonds is 34. The van der Waals surface area contributed by atoms with E-state index >= 15 is 0 Å². The lowest BCUT2D eigenvalue weighted by atomic mass is 10.1. The van der Waals surface area contributed by atoms with Crippen molar-refractivity contribution in [2.75, 3.05) is 0 Å². The molecule has 0 aliphatic rings. The van der Waals surface area contributed by atoms with E-state index < -0.39 is 5.97 Å². The van der Waals surface area contributed by atoms with Crippen LogP contribution in [0.5, 0.6) is 0 Å². The molecule has 0 aromatic carbocycles. The van der Waals surface area contributed by atoms with Gasteiger partial charge in [0.25, 0.3) is 0 Å². The van der Waals surface area contributed by atoms with Crippen molar-refractivity contribution in [3.63, 3.8) is 0 Å². The summed E-state index contributed by atoms with van der Waals surface area (Å²) < 4.78 is 5.85. The molecule has 1 unspecified atom stereocenters. The van der Waals surface area contributed by atoms with E-state index in [1.165, 1.54) is 128 Å². The molecule has 0 radical (unpaired) electrons. The monoisotopic (exact) mass is 605 g/mol. The molecule has 0 fully saturated rings. The average molecular weight is 605 g/mol. The summed E-state index contributed by atoms with van der Waals surface area (Å²) in [6, 6.07) is 0. The summed E-state index contributed by atoms with van der Waals surface area (Å²) in [5.41, 5.74) is 0. The topological polar surface area (TPSA) is 63.6 Å². The summed E-state index contributed by atoms with van der Waals surface area (Å²) in [6.07, 6.45) is 43.6. The smallest absolute Gasteiger partial charge is 0.306 e. The second-order valence-corrected chi connectivity index (χ2v) is 12.8. The van der Waals surface area contributed by atoms with Crippen LogP contribution >= 0.6 is 0 Å². The van der Waals surface area contributed by atoms with Crippen LogP contribution < -0.4 is 0 Å². The summed E-state index contributed by atoms with van der Waals surface area (Å²) in [6.45, 7) is 4.51. The van der Waals surface area contributed by atoms with Gasteiger partial charge in [0.1, 0.15) is 6.10 Å². The van der Waals surface area contributed by atoms with Crippen molar-refractivity contribution in [2.45, 2.75) is 213 Å². The molecular weight excluding hydrogens is 532 g/mol. The molecule has 0 aromatic heterocycles. The predicted molar refractivity (Wildman–Crippen MR) is 186 cm³/mol. The molecule has 4 heteroatoms. The number of allylic oxidation sites excluding steroid dienone is 3. The Kier molecular flexibility index (Phi) is 33.6. The summed E-state index contributed by atoms with van der Waals surface area (Å²) in [4.78, 5) is 23.2. The quantitative estimate of drug-likeness (QED) is 0.0451. The number of carboxylic acids is 1. The minimum absolute atomic E-state index is 0.0653. The van der Waals surface area contributed by atoms with Crippen LogP contribution in [0.25, 0.3) is 0 Å². The van der Waals surface area contributed by atoms with E-state index in [9.17, 15) is 9.59 Å². The Morgan fingerprint density at radius 3 is 1.40 bits per heavy atom. The molecule has 0 saturated heterocycles. The van der Waals surface area contributed by atoms with Crippen LogP contribution in [0.3, 0.4) is 0 Å². The number of carboxylic acid groups (broad SMARTS) is 1. The maximum atomic E-state index is 12.5. The molecule has 0 aliphatic heterocycles. The third kappa shape index (κ3) is 34.8. The second kappa shape index (κ2) is 34.9. The van der Waals surface area contributed by atoms with Crippen LogP contribution in [0.2, 0.25) is 0 Å². The lowest BCUT2D eigenvalue weighted by Crippen LogP contribution is -2.16. The molecular formula is C39H72O4. The number of esters is 1. The van der Waals surface area contributed by atoms with Gasteiger partial charge in [0, 0.05) is 12.8 Å². The molecule has 1 atom stereocenters. The molecule has 0 amide bonds. The first-order valence-corrected chi connectivity index (χ1v) is 18.8. The molecule has 0 heterocycles. The Morgan fingerprint density at radius 1 is 0.512 bits per heavy atom. The van der Waals surface area contributed by atoms with Crippen molar-refractivity contribution in [3.8, 4) is 0 Å². The van der Waals surface area contributed by atoms with Crippen molar-refractivity contribution in [2.24, 2.45) is 0 Å². The summed E-state index contributed by atoms with van der Waals surface area (Å²) in [5, 5.41) is 8.80. The Hall–Kier alpha value is -1.58. The Bertz CT molecular complexity index is 654. The lowest BCUT2D eigenvalue weighted by Gasteiger charge is -2.15. The first-order chi connectivity index (χ1) is 21.1. The van der Waals surface area contributed by atoms with Gasteiger partial charge in [-0.05, 0) is 70.3 Å². The fourth-order valence-electron chi connectivity index (χ4n) is 5.56. The minimum Gasteiger partial charge on any atom is -0.481 e. The number of ether oxygens (including phenoxy) is 1. The van der Waals surface area contributed by atoms with Crippen LogP contribution in [0, 0.1) is 0 Å². The van der Waals surface area contributed by atoms with Gasteiger partial charge in [-0.3, -0.25) is 9.59 Å². The highest BCUT2D eigenvalue weighted by Crippen LogP contribution is 2.16. The van der Waals surface area contributed by atoms with Crippen molar-refractivity contribution in [3.05, 3.63) is 24.3 Å². The van der Waals surface area contributed by atoms with Gasteiger partial charge in [-0.15, -0.1) is 0 Å². The van der Waals surface area contributed by atoms with Gasteiger partial charge in [-0.2, -0.15) is 0 Å². The number of carbonyl (C=O) groups excluding carboxylic acids is 1. The standard InChI is InChI=1S/C39H72O4/c1-3-5-7-9-11-12-13-14-15-16-17-18-19-20-21-22-24-26-32-36-39(42)43-37(33-29-25-23-10-8-6-4-2)34-30-27-28-31-35-38(40)41/h14-15,29,33,37H,3-13,16-28,30-32,34-36H2,1-2H3,(H,40,41)/b15-14-,33-29-. The van der Waals surface area contributed by atoms with E-state index in [2.05, 4.69) is 38.2 Å². The number of aliphatic carboxylic acids is 1. The van der Waals surface area contributed by atoms with E-state index in [0.717, 1.165) is 51.4 Å². The van der Waals surface area contributed by atoms with E-state index in [4.69, 9.17) is 9.84 Å². The Morgan fingerprint density at radius 2 is 0.907 bits per heavy atom. The fraction of sp³-hybridized carbons (Fsp3) is 0.846. The molecule has 0 bridgehead atoms. The first kappa shape index (κ1) is 41.4. The fourth-order valence-corrected chi connectivity index (χ4v) is 5.56. The highest BCUT2D eigenvalue weighted by Gasteiger charge is 2.11. The molecule has 0 saturated carbocycles. The molecule has 0 aromatic rings. The molecule has 0 aliphatic carbocycles. The summed E-state index contributed by atoms with van der Waals surface area (Å²) >= 11 is 0. The van der Waals surface area contributed by atoms with Gasteiger partial charge in [-0.25, -0.2) is 0 Å². The maximum Gasteiger partial charge on any atom is 0.306 e. The van der Waals surface area contributed by atoms with Gasteiger partial charge in [-0.1, -0.05) is 148 Å². The normalized spacial score (nSPS) is 12.4. The summed E-state index contributed by atoms with van der Waals surface area (Å²) in [7, 11) is 0. The predicted octanol–water partition coefficient (Wildman–Crippen LogP) is 12.8. The number of hydrogen-bond donors (Lipinski definition) is 1. The number of carbonyl (C=O) groups is 2. The van der Waals surface area contributed by atoms with Gasteiger partial charge in [0.05, 0.1) is 0 Å². The molecule has 0 rings (SSSR count). The van der Waals surface area contributed by atoms with Crippen LogP contribution in [0.15, 0.2) is 24.3 Å². The number of hydrogen-bond acceptors (Lipinski definition) is 3. The second-order valence-electron chi connectivity index (χ2n) is 12.8. The molecule has 0 spiro atoms. The highest BCUT2D eigenvalue weighted by molar-refractivity contribution is 5.69. The van der Waals surface area contributed by atoms with Crippen molar-refractivity contribution in [1.82, 2.24) is 0 Å². The van der Waals surface area contributed by atoms with Crippen LogP contribution in [-0.2, 0) is 14.3 Å². The molecule has 252 valence electrons. The zero-order valence-corrected chi connectivity index (χ0v) is 28.8. The zero-order valence-electron chi connectivity index (χ0n) is 28.8. The Labute approximate surface area is 267 Å². The van der Waals surface area contributed by atoms with Crippen LogP contribution in [0.1, 0.15) is 206 Å². The zero-order chi connectivity index (χ0) is 31.5. The van der Waals surface area contributed by atoms with E-state index in [0.29, 0.717) is 6.42 Å². The number of unbranched alkanes of at least 4 members (excludes halogenated alkanes) is 23.